The third-order valence-electron chi connectivity index (χ3n) is 5.81. The van der Waals surface area contributed by atoms with E-state index in [0.717, 1.165) is 5.69 Å². The molecule has 32 heavy (non-hydrogen) atoms. The van der Waals surface area contributed by atoms with Gasteiger partial charge in [0, 0.05) is 49.9 Å². The standard InChI is InChI=1S/C23H24Cl2N4O3/c24-17-5-7-18(8-6-17)29-14-16(13-22(29)31)23(32)28-11-9-27(10-12-28)15-21(30)26-20-4-2-1-3-19(20)25/h1-8,16H,9-15H2,(H,26,30). The zero-order valence-corrected chi connectivity index (χ0v) is 19.0. The molecule has 0 aromatic heterocycles. The van der Waals surface area contributed by atoms with E-state index < -0.39 is 0 Å². The van der Waals surface area contributed by atoms with E-state index in [-0.39, 0.29) is 36.6 Å². The fraction of sp³-hybridized carbons (Fsp3) is 0.348. The lowest BCUT2D eigenvalue weighted by Crippen LogP contribution is -2.52. The maximum atomic E-state index is 13.0. The number of hydrogen-bond donors (Lipinski definition) is 1. The van der Waals surface area contributed by atoms with E-state index in [2.05, 4.69) is 5.32 Å². The van der Waals surface area contributed by atoms with E-state index in [4.69, 9.17) is 23.2 Å². The third kappa shape index (κ3) is 5.23. The van der Waals surface area contributed by atoms with Gasteiger partial charge < -0.3 is 15.1 Å². The summed E-state index contributed by atoms with van der Waals surface area (Å²) in [5.74, 6) is -0.554. The molecule has 2 saturated heterocycles. The van der Waals surface area contributed by atoms with Crippen LogP contribution in [0, 0.1) is 5.92 Å². The molecule has 2 heterocycles. The van der Waals surface area contributed by atoms with E-state index in [9.17, 15) is 14.4 Å². The van der Waals surface area contributed by atoms with Gasteiger partial charge in [-0.1, -0.05) is 35.3 Å². The molecule has 2 aliphatic heterocycles. The molecule has 168 valence electrons. The largest absolute Gasteiger partial charge is 0.340 e. The Hall–Kier alpha value is -2.61. The molecule has 2 aromatic rings. The molecule has 2 fully saturated rings. The van der Waals surface area contributed by atoms with Crippen molar-refractivity contribution in [2.45, 2.75) is 6.42 Å². The van der Waals surface area contributed by atoms with Crippen molar-refractivity contribution in [3.8, 4) is 0 Å². The number of amides is 3. The van der Waals surface area contributed by atoms with E-state index in [1.165, 1.54) is 0 Å². The fourth-order valence-corrected chi connectivity index (χ4v) is 4.39. The number of carbonyl (C=O) groups excluding carboxylic acids is 3. The first-order chi connectivity index (χ1) is 15.4. The molecule has 0 aliphatic carbocycles. The molecule has 1 atom stereocenters. The molecular weight excluding hydrogens is 451 g/mol. The Morgan fingerprint density at radius 1 is 0.969 bits per heavy atom. The Morgan fingerprint density at radius 3 is 2.34 bits per heavy atom. The van der Waals surface area contributed by atoms with Crippen LogP contribution in [0.25, 0.3) is 0 Å². The highest BCUT2D eigenvalue weighted by Crippen LogP contribution is 2.27. The van der Waals surface area contributed by atoms with Gasteiger partial charge in [0.1, 0.15) is 0 Å². The Labute approximate surface area is 196 Å². The maximum Gasteiger partial charge on any atom is 0.238 e. The summed E-state index contributed by atoms with van der Waals surface area (Å²) in [6, 6.07) is 14.2. The molecule has 1 N–H and O–H groups in total. The smallest absolute Gasteiger partial charge is 0.238 e. The van der Waals surface area contributed by atoms with Gasteiger partial charge >= 0.3 is 0 Å². The minimum atomic E-state index is -0.353. The molecule has 0 saturated carbocycles. The predicted molar refractivity (Wildman–Crippen MR) is 125 cm³/mol. The Balaban J connectivity index is 1.26. The summed E-state index contributed by atoms with van der Waals surface area (Å²) < 4.78 is 0. The van der Waals surface area contributed by atoms with Crippen LogP contribution in [0.4, 0.5) is 11.4 Å². The van der Waals surface area contributed by atoms with Crippen molar-refractivity contribution < 1.29 is 14.4 Å². The van der Waals surface area contributed by atoms with Gasteiger partial charge in [0.05, 0.1) is 23.2 Å². The summed E-state index contributed by atoms with van der Waals surface area (Å²) in [5, 5.41) is 3.92. The van der Waals surface area contributed by atoms with Crippen molar-refractivity contribution in [1.82, 2.24) is 9.80 Å². The van der Waals surface area contributed by atoms with Gasteiger partial charge in [-0.2, -0.15) is 0 Å². The molecule has 1 unspecified atom stereocenters. The molecule has 2 aliphatic rings. The molecule has 2 aromatic carbocycles. The average Bonchev–Trinajstić information content (AvgIpc) is 3.17. The third-order valence-corrected chi connectivity index (χ3v) is 6.39. The van der Waals surface area contributed by atoms with Gasteiger partial charge in [-0.25, -0.2) is 0 Å². The van der Waals surface area contributed by atoms with Crippen molar-refractivity contribution in [3.05, 3.63) is 58.6 Å². The zero-order valence-electron chi connectivity index (χ0n) is 17.5. The number of carbonyl (C=O) groups is 3. The van der Waals surface area contributed by atoms with Gasteiger partial charge in [0.25, 0.3) is 0 Å². The minimum Gasteiger partial charge on any atom is -0.340 e. The molecule has 3 amide bonds. The van der Waals surface area contributed by atoms with Gasteiger partial charge in [0.2, 0.25) is 17.7 Å². The lowest BCUT2D eigenvalue weighted by Gasteiger charge is -2.35. The van der Waals surface area contributed by atoms with Crippen LogP contribution in [0.5, 0.6) is 0 Å². The summed E-state index contributed by atoms with van der Waals surface area (Å²) in [4.78, 5) is 43.3. The second-order valence-electron chi connectivity index (χ2n) is 8.01. The van der Waals surface area contributed by atoms with Crippen LogP contribution in [0.2, 0.25) is 10.0 Å². The van der Waals surface area contributed by atoms with Crippen LogP contribution < -0.4 is 10.2 Å². The molecule has 0 bridgehead atoms. The number of para-hydroxylation sites is 1. The summed E-state index contributed by atoms with van der Waals surface area (Å²) in [5.41, 5.74) is 1.34. The van der Waals surface area contributed by atoms with Crippen LogP contribution in [0.1, 0.15) is 6.42 Å². The Bertz CT molecular complexity index is 1010. The molecule has 9 heteroatoms. The number of nitrogens with zero attached hydrogens (tertiary/aromatic N) is 3. The minimum absolute atomic E-state index is 0.00465. The second kappa shape index (κ2) is 9.90. The van der Waals surface area contributed by atoms with Crippen LogP contribution in [-0.4, -0.2) is 66.8 Å². The van der Waals surface area contributed by atoms with E-state index in [1.54, 1.807) is 52.3 Å². The number of rotatable bonds is 5. The molecular formula is C23H24Cl2N4O3. The second-order valence-corrected chi connectivity index (χ2v) is 8.85. The Kier molecular flexibility index (Phi) is 6.98. The highest BCUT2D eigenvalue weighted by molar-refractivity contribution is 6.33. The van der Waals surface area contributed by atoms with Crippen LogP contribution >= 0.6 is 23.2 Å². The summed E-state index contributed by atoms with van der Waals surface area (Å²) in [7, 11) is 0. The first kappa shape index (κ1) is 22.6. The van der Waals surface area contributed by atoms with Crippen molar-refractivity contribution >= 4 is 52.3 Å². The molecule has 0 spiro atoms. The molecule has 4 rings (SSSR count). The van der Waals surface area contributed by atoms with Crippen molar-refractivity contribution in [3.63, 3.8) is 0 Å². The SMILES string of the molecule is O=C(CN1CCN(C(=O)C2CC(=O)N(c3ccc(Cl)cc3)C2)CC1)Nc1ccccc1Cl. The molecule has 7 nitrogen and oxygen atoms in total. The van der Waals surface area contributed by atoms with Crippen molar-refractivity contribution in [2.24, 2.45) is 5.92 Å². The summed E-state index contributed by atoms with van der Waals surface area (Å²) in [6.45, 7) is 2.87. The highest BCUT2D eigenvalue weighted by atomic mass is 35.5. The highest BCUT2D eigenvalue weighted by Gasteiger charge is 2.38. The molecule has 0 radical (unpaired) electrons. The predicted octanol–water partition coefficient (Wildman–Crippen LogP) is 3.13. The lowest BCUT2D eigenvalue weighted by atomic mass is 10.1. The van der Waals surface area contributed by atoms with Gasteiger partial charge in [-0.05, 0) is 36.4 Å². The Morgan fingerprint density at radius 2 is 1.66 bits per heavy atom. The monoisotopic (exact) mass is 474 g/mol. The lowest BCUT2D eigenvalue weighted by molar-refractivity contribution is -0.137. The first-order valence-electron chi connectivity index (χ1n) is 10.5. The summed E-state index contributed by atoms with van der Waals surface area (Å²) in [6.07, 6.45) is 0.210. The summed E-state index contributed by atoms with van der Waals surface area (Å²) >= 11 is 12.0. The topological polar surface area (TPSA) is 73.0 Å². The maximum absolute atomic E-state index is 13.0. The van der Waals surface area contributed by atoms with Gasteiger partial charge in [0.15, 0.2) is 0 Å². The number of hydrogen-bond acceptors (Lipinski definition) is 4. The number of halogens is 2. The van der Waals surface area contributed by atoms with E-state index in [0.29, 0.717) is 48.5 Å². The van der Waals surface area contributed by atoms with E-state index in [1.807, 2.05) is 11.0 Å². The fourth-order valence-electron chi connectivity index (χ4n) is 4.08. The van der Waals surface area contributed by atoms with Crippen LogP contribution in [-0.2, 0) is 14.4 Å². The number of benzene rings is 2. The number of nitrogens with one attached hydrogen (secondary N) is 1. The van der Waals surface area contributed by atoms with E-state index >= 15 is 0 Å². The normalized spacial score (nSPS) is 19.3. The average molecular weight is 475 g/mol. The van der Waals surface area contributed by atoms with Crippen molar-refractivity contribution in [2.75, 3.05) is 49.5 Å². The van der Waals surface area contributed by atoms with Gasteiger partial charge in [-0.3, -0.25) is 19.3 Å². The quantitative estimate of drug-likeness (QED) is 0.722. The zero-order chi connectivity index (χ0) is 22.7. The number of anilines is 2. The van der Waals surface area contributed by atoms with Crippen molar-refractivity contribution in [1.29, 1.82) is 0 Å². The van der Waals surface area contributed by atoms with Crippen LogP contribution in [0.15, 0.2) is 48.5 Å². The number of piperazine rings is 1. The first-order valence-corrected chi connectivity index (χ1v) is 11.3. The van der Waals surface area contributed by atoms with Crippen LogP contribution in [0.3, 0.4) is 0 Å². The van der Waals surface area contributed by atoms with Gasteiger partial charge in [-0.15, -0.1) is 0 Å².